The number of amides is 1. The number of nitrogens with zero attached hydrogens (tertiary/aromatic N) is 3. The van der Waals surface area contributed by atoms with Crippen molar-refractivity contribution in [2.24, 2.45) is 7.05 Å². The van der Waals surface area contributed by atoms with E-state index in [0.29, 0.717) is 5.02 Å². The van der Waals surface area contributed by atoms with Gasteiger partial charge in [0.05, 0.1) is 21.7 Å². The van der Waals surface area contributed by atoms with E-state index in [1.54, 1.807) is 0 Å². The van der Waals surface area contributed by atoms with Gasteiger partial charge in [0, 0.05) is 30.4 Å². The van der Waals surface area contributed by atoms with Crippen molar-refractivity contribution in [3.05, 3.63) is 74.0 Å². The summed E-state index contributed by atoms with van der Waals surface area (Å²) in [6.45, 7) is 0. The molecule has 0 saturated heterocycles. The number of hydrogen-bond donors (Lipinski definition) is 2. The number of halogens is 2. The highest BCUT2D eigenvalue weighted by Crippen LogP contribution is 2.34. The fourth-order valence-corrected chi connectivity index (χ4v) is 2.95. The van der Waals surface area contributed by atoms with Crippen LogP contribution < -0.4 is 10.1 Å². The smallest absolute Gasteiger partial charge is 0.339 e. The molecule has 10 nitrogen and oxygen atoms in total. The van der Waals surface area contributed by atoms with Gasteiger partial charge < -0.3 is 15.2 Å². The van der Waals surface area contributed by atoms with E-state index in [2.05, 4.69) is 10.4 Å². The van der Waals surface area contributed by atoms with Gasteiger partial charge >= 0.3 is 5.97 Å². The van der Waals surface area contributed by atoms with Gasteiger partial charge in [-0.15, -0.1) is 0 Å². The highest BCUT2D eigenvalue weighted by molar-refractivity contribution is 6.35. The summed E-state index contributed by atoms with van der Waals surface area (Å²) in [7, 11) is 1.46. The molecule has 1 amide bonds. The standard InChI is InChI=1S/C18H12Cl2N4O6/c1-23-8-13(18(26)27)16(22-23)17(25)21-10-5-11(24(28)29)7-12(6-10)30-15-3-2-9(19)4-14(15)20/h2-8H,1H3,(H,21,25)(H,26,27). The van der Waals surface area contributed by atoms with Crippen molar-refractivity contribution >= 4 is 46.5 Å². The van der Waals surface area contributed by atoms with Crippen molar-refractivity contribution in [2.75, 3.05) is 5.32 Å². The Morgan fingerprint density at radius 3 is 2.60 bits per heavy atom. The van der Waals surface area contributed by atoms with E-state index in [0.717, 1.165) is 12.1 Å². The van der Waals surface area contributed by atoms with E-state index in [4.69, 9.17) is 27.9 Å². The highest BCUT2D eigenvalue weighted by Gasteiger charge is 2.22. The second-order valence-electron chi connectivity index (χ2n) is 5.97. The molecule has 0 fully saturated rings. The van der Waals surface area contributed by atoms with E-state index in [9.17, 15) is 24.8 Å². The van der Waals surface area contributed by atoms with E-state index < -0.39 is 16.8 Å². The zero-order valence-electron chi connectivity index (χ0n) is 15.1. The molecule has 0 unspecified atom stereocenters. The van der Waals surface area contributed by atoms with Crippen molar-refractivity contribution < 1.29 is 24.4 Å². The third kappa shape index (κ3) is 4.67. The fourth-order valence-electron chi connectivity index (χ4n) is 2.51. The second kappa shape index (κ2) is 8.39. The summed E-state index contributed by atoms with van der Waals surface area (Å²) in [5, 5.41) is 27.3. The SMILES string of the molecule is Cn1cc(C(=O)O)c(C(=O)Nc2cc(Oc3ccc(Cl)cc3Cl)cc([N+](=O)[O-])c2)n1. The van der Waals surface area contributed by atoms with Gasteiger partial charge in [0.1, 0.15) is 17.1 Å². The normalized spacial score (nSPS) is 10.5. The molecule has 0 atom stereocenters. The maximum atomic E-state index is 12.5. The molecule has 0 aliphatic heterocycles. The van der Waals surface area contributed by atoms with Gasteiger partial charge in [-0.3, -0.25) is 19.6 Å². The van der Waals surface area contributed by atoms with Gasteiger partial charge in [-0.1, -0.05) is 23.2 Å². The molecule has 3 rings (SSSR count). The van der Waals surface area contributed by atoms with Crippen LogP contribution in [0.5, 0.6) is 11.5 Å². The van der Waals surface area contributed by atoms with Crippen molar-refractivity contribution in [1.82, 2.24) is 9.78 Å². The largest absolute Gasteiger partial charge is 0.478 e. The summed E-state index contributed by atoms with van der Waals surface area (Å²) >= 11 is 11.9. The Morgan fingerprint density at radius 2 is 1.97 bits per heavy atom. The number of nitro benzene ring substituents is 1. The van der Waals surface area contributed by atoms with Crippen molar-refractivity contribution in [3.63, 3.8) is 0 Å². The quantitative estimate of drug-likeness (QED) is 0.419. The fraction of sp³-hybridized carbons (Fsp3) is 0.0556. The predicted molar refractivity (Wildman–Crippen MR) is 108 cm³/mol. The number of aromatic carboxylic acids is 1. The Hall–Kier alpha value is -3.63. The summed E-state index contributed by atoms with van der Waals surface area (Å²) in [5.41, 5.74) is -1.03. The molecular formula is C18H12Cl2N4O6. The molecule has 3 aromatic rings. The average molecular weight is 451 g/mol. The first-order chi connectivity index (χ1) is 14.1. The average Bonchev–Trinajstić information content (AvgIpc) is 3.06. The van der Waals surface area contributed by atoms with Crippen LogP contribution in [0.15, 0.2) is 42.6 Å². The number of anilines is 1. The Labute approximate surface area is 178 Å². The number of carbonyl (C=O) groups is 2. The summed E-state index contributed by atoms with van der Waals surface area (Å²) in [6, 6.07) is 8.00. The third-order valence-corrected chi connectivity index (χ3v) is 4.29. The molecule has 0 spiro atoms. The van der Waals surface area contributed by atoms with Crippen LogP contribution in [0.1, 0.15) is 20.8 Å². The van der Waals surface area contributed by atoms with Crippen LogP contribution in [0, 0.1) is 10.1 Å². The number of aromatic nitrogens is 2. The van der Waals surface area contributed by atoms with Crippen LogP contribution >= 0.6 is 23.2 Å². The Bertz CT molecular complexity index is 1180. The lowest BCUT2D eigenvalue weighted by atomic mass is 10.2. The summed E-state index contributed by atoms with van der Waals surface area (Å²) < 4.78 is 6.76. The number of carboxylic acid groups (broad SMARTS) is 1. The molecule has 1 heterocycles. The van der Waals surface area contributed by atoms with Crippen LogP contribution in [0.25, 0.3) is 0 Å². The van der Waals surface area contributed by atoms with E-state index >= 15 is 0 Å². The van der Waals surface area contributed by atoms with E-state index in [1.807, 2.05) is 0 Å². The molecule has 2 N–H and O–H groups in total. The van der Waals surface area contributed by atoms with Crippen molar-refractivity contribution in [1.29, 1.82) is 0 Å². The maximum absolute atomic E-state index is 12.5. The Balaban J connectivity index is 1.94. The van der Waals surface area contributed by atoms with Crippen LogP contribution in [0.2, 0.25) is 10.0 Å². The van der Waals surface area contributed by atoms with Gasteiger partial charge in [-0.25, -0.2) is 4.79 Å². The molecular weight excluding hydrogens is 439 g/mol. The zero-order chi connectivity index (χ0) is 22.0. The molecule has 30 heavy (non-hydrogen) atoms. The van der Waals surface area contributed by atoms with E-state index in [-0.39, 0.29) is 39.2 Å². The summed E-state index contributed by atoms with van der Waals surface area (Å²) in [6.07, 6.45) is 1.17. The van der Waals surface area contributed by atoms with Crippen LogP contribution in [-0.4, -0.2) is 31.7 Å². The first-order valence-electron chi connectivity index (χ1n) is 8.14. The third-order valence-electron chi connectivity index (χ3n) is 3.76. The molecule has 0 aliphatic carbocycles. The molecule has 1 aromatic heterocycles. The van der Waals surface area contributed by atoms with Gasteiger partial charge in [-0.2, -0.15) is 5.10 Å². The minimum atomic E-state index is -1.34. The lowest BCUT2D eigenvalue weighted by molar-refractivity contribution is -0.384. The Kier molecular flexibility index (Phi) is 5.90. The minimum Gasteiger partial charge on any atom is -0.478 e. The number of carbonyl (C=O) groups excluding carboxylic acids is 1. The highest BCUT2D eigenvalue weighted by atomic mass is 35.5. The van der Waals surface area contributed by atoms with Crippen LogP contribution in [0.4, 0.5) is 11.4 Å². The first kappa shape index (κ1) is 21.1. The van der Waals surface area contributed by atoms with E-state index in [1.165, 1.54) is 42.2 Å². The van der Waals surface area contributed by atoms with Crippen LogP contribution in [-0.2, 0) is 7.05 Å². The molecule has 0 aliphatic rings. The topological polar surface area (TPSA) is 137 Å². The molecule has 2 aromatic carbocycles. The second-order valence-corrected chi connectivity index (χ2v) is 6.82. The monoisotopic (exact) mass is 450 g/mol. The number of benzene rings is 2. The van der Waals surface area contributed by atoms with Crippen molar-refractivity contribution in [2.45, 2.75) is 0 Å². The number of rotatable bonds is 6. The van der Waals surface area contributed by atoms with Gasteiger partial charge in [0.15, 0.2) is 5.69 Å². The zero-order valence-corrected chi connectivity index (χ0v) is 16.6. The summed E-state index contributed by atoms with van der Waals surface area (Å²) in [4.78, 5) is 34.4. The number of hydrogen-bond acceptors (Lipinski definition) is 6. The molecule has 0 saturated carbocycles. The minimum absolute atomic E-state index is 0.00345. The summed E-state index contributed by atoms with van der Waals surface area (Å²) in [5.74, 6) is -1.99. The predicted octanol–water partition coefficient (Wildman–Crippen LogP) is 4.38. The van der Waals surface area contributed by atoms with Crippen LogP contribution in [0.3, 0.4) is 0 Å². The van der Waals surface area contributed by atoms with Crippen molar-refractivity contribution in [3.8, 4) is 11.5 Å². The lowest BCUT2D eigenvalue weighted by Gasteiger charge is -2.10. The first-order valence-corrected chi connectivity index (χ1v) is 8.90. The number of nitro groups is 1. The van der Waals surface area contributed by atoms with Gasteiger partial charge in [0.25, 0.3) is 11.6 Å². The lowest BCUT2D eigenvalue weighted by Crippen LogP contribution is -2.16. The Morgan fingerprint density at radius 1 is 1.23 bits per heavy atom. The number of aryl methyl sites for hydroxylation is 1. The number of nitrogens with one attached hydrogen (secondary N) is 1. The number of ether oxygens (including phenoxy) is 1. The number of non-ortho nitro benzene ring substituents is 1. The molecule has 0 bridgehead atoms. The maximum Gasteiger partial charge on any atom is 0.339 e. The number of carboxylic acids is 1. The molecule has 0 radical (unpaired) electrons. The van der Waals surface area contributed by atoms with Gasteiger partial charge in [0.2, 0.25) is 0 Å². The molecule has 12 heteroatoms. The van der Waals surface area contributed by atoms with Gasteiger partial charge in [-0.05, 0) is 18.2 Å². The molecule has 154 valence electrons.